The first-order chi connectivity index (χ1) is 9.99. The van der Waals surface area contributed by atoms with Crippen LogP contribution in [-0.4, -0.2) is 49.6 Å². The lowest BCUT2D eigenvalue weighted by Gasteiger charge is -2.43. The van der Waals surface area contributed by atoms with E-state index in [4.69, 9.17) is 0 Å². The molecule has 0 spiro atoms. The number of nitrogens with one attached hydrogen (secondary N) is 1. The molecule has 0 bridgehead atoms. The summed E-state index contributed by atoms with van der Waals surface area (Å²) in [5.41, 5.74) is 0. The molecule has 0 aromatic heterocycles. The van der Waals surface area contributed by atoms with E-state index in [1.807, 2.05) is 0 Å². The fraction of sp³-hybridized carbons (Fsp3) is 1.00. The highest BCUT2D eigenvalue weighted by molar-refractivity contribution is 4.90. The van der Waals surface area contributed by atoms with Crippen molar-refractivity contribution in [2.75, 3.05) is 26.2 Å². The fourth-order valence-electron chi connectivity index (χ4n) is 3.69. The van der Waals surface area contributed by atoms with Crippen molar-refractivity contribution < 1.29 is 17.9 Å². The molecule has 21 heavy (non-hydrogen) atoms. The number of rotatable bonds is 5. The van der Waals surface area contributed by atoms with Gasteiger partial charge in [-0.3, -0.25) is 9.64 Å². The van der Waals surface area contributed by atoms with Crippen LogP contribution in [0.3, 0.4) is 0 Å². The van der Waals surface area contributed by atoms with E-state index in [0.717, 1.165) is 19.5 Å². The minimum atomic E-state index is -4.52. The number of hydrogen-bond donors (Lipinski definition) is 1. The van der Waals surface area contributed by atoms with Gasteiger partial charge in [0.05, 0.1) is 6.61 Å². The van der Waals surface area contributed by atoms with Gasteiger partial charge in [-0.2, -0.15) is 0 Å². The molecule has 124 valence electrons. The third kappa shape index (κ3) is 5.42. The first-order valence-corrected chi connectivity index (χ1v) is 8.17. The normalized spacial score (nSPS) is 29.7. The van der Waals surface area contributed by atoms with E-state index in [2.05, 4.69) is 21.9 Å². The topological polar surface area (TPSA) is 24.5 Å². The predicted octanol–water partition coefficient (Wildman–Crippen LogP) is 3.16. The average molecular weight is 308 g/mol. The molecule has 1 saturated carbocycles. The molecule has 6 heteroatoms. The summed E-state index contributed by atoms with van der Waals surface area (Å²) >= 11 is 0. The lowest BCUT2D eigenvalue weighted by molar-refractivity contribution is -0.325. The standard InChI is InChI=1S/C15H27F3N2O/c1-2-13-10-19-14(12-6-4-3-5-7-12)11-20(13)8-9-21-15(16,17)18/h12-14,19H,2-11H2,1H3. The van der Waals surface area contributed by atoms with Gasteiger partial charge < -0.3 is 5.32 Å². The maximum atomic E-state index is 12.1. The summed E-state index contributed by atoms with van der Waals surface area (Å²) in [6, 6.07) is 0.751. The van der Waals surface area contributed by atoms with Crippen molar-refractivity contribution in [2.45, 2.75) is 63.9 Å². The summed E-state index contributed by atoms with van der Waals surface area (Å²) in [6.45, 7) is 3.92. The van der Waals surface area contributed by atoms with Crippen LogP contribution in [0.1, 0.15) is 45.4 Å². The van der Waals surface area contributed by atoms with Crippen LogP contribution in [0.2, 0.25) is 0 Å². The molecular formula is C15H27F3N2O. The summed E-state index contributed by atoms with van der Waals surface area (Å²) in [4.78, 5) is 2.18. The van der Waals surface area contributed by atoms with Crippen molar-refractivity contribution >= 4 is 0 Å². The molecule has 1 aliphatic heterocycles. The van der Waals surface area contributed by atoms with Gasteiger partial charge in [-0.05, 0) is 25.2 Å². The molecule has 0 aromatic carbocycles. The van der Waals surface area contributed by atoms with Gasteiger partial charge in [-0.15, -0.1) is 13.2 Å². The van der Waals surface area contributed by atoms with Crippen LogP contribution in [0.15, 0.2) is 0 Å². The minimum absolute atomic E-state index is 0.266. The zero-order chi connectivity index (χ0) is 15.3. The summed E-state index contributed by atoms with van der Waals surface area (Å²) in [7, 11) is 0. The Morgan fingerprint density at radius 1 is 1.19 bits per heavy atom. The largest absolute Gasteiger partial charge is 0.522 e. The molecule has 0 amide bonds. The third-order valence-corrected chi connectivity index (χ3v) is 4.90. The van der Waals surface area contributed by atoms with Crippen molar-refractivity contribution in [3.63, 3.8) is 0 Å². The van der Waals surface area contributed by atoms with Gasteiger partial charge in [-0.25, -0.2) is 0 Å². The van der Waals surface area contributed by atoms with Crippen molar-refractivity contribution in [1.29, 1.82) is 0 Å². The van der Waals surface area contributed by atoms with Crippen LogP contribution < -0.4 is 5.32 Å². The second-order valence-corrected chi connectivity index (χ2v) is 6.26. The lowest BCUT2D eigenvalue weighted by atomic mass is 9.82. The van der Waals surface area contributed by atoms with Crippen molar-refractivity contribution in [2.24, 2.45) is 5.92 Å². The summed E-state index contributed by atoms with van der Waals surface area (Å²) in [6.07, 6.45) is 2.84. The van der Waals surface area contributed by atoms with E-state index in [-0.39, 0.29) is 6.61 Å². The molecule has 0 aromatic rings. The van der Waals surface area contributed by atoms with Gasteiger partial charge in [0.25, 0.3) is 0 Å². The molecule has 1 heterocycles. The Morgan fingerprint density at radius 3 is 2.52 bits per heavy atom. The second kappa shape index (κ2) is 7.79. The van der Waals surface area contributed by atoms with E-state index < -0.39 is 6.36 Å². The smallest absolute Gasteiger partial charge is 0.311 e. The first kappa shape index (κ1) is 17.0. The van der Waals surface area contributed by atoms with E-state index in [9.17, 15) is 13.2 Å². The highest BCUT2D eigenvalue weighted by Crippen LogP contribution is 2.28. The lowest BCUT2D eigenvalue weighted by Crippen LogP contribution is -2.59. The Bertz CT molecular complexity index is 306. The molecule has 2 aliphatic rings. The second-order valence-electron chi connectivity index (χ2n) is 6.26. The van der Waals surface area contributed by atoms with Crippen LogP contribution in [0.4, 0.5) is 13.2 Å². The Kier molecular flexibility index (Phi) is 6.32. The average Bonchev–Trinajstić information content (AvgIpc) is 2.47. The van der Waals surface area contributed by atoms with E-state index >= 15 is 0 Å². The number of halogens is 3. The van der Waals surface area contributed by atoms with Gasteiger partial charge in [0, 0.05) is 31.7 Å². The predicted molar refractivity (Wildman–Crippen MR) is 76.0 cm³/mol. The highest BCUT2D eigenvalue weighted by atomic mass is 19.4. The summed E-state index contributed by atoms with van der Waals surface area (Å²) in [5, 5.41) is 3.62. The van der Waals surface area contributed by atoms with Crippen LogP contribution in [0.25, 0.3) is 0 Å². The first-order valence-electron chi connectivity index (χ1n) is 8.17. The Morgan fingerprint density at radius 2 is 1.90 bits per heavy atom. The Labute approximate surface area is 125 Å². The van der Waals surface area contributed by atoms with Crippen LogP contribution in [0.5, 0.6) is 0 Å². The molecule has 1 aliphatic carbocycles. The quantitative estimate of drug-likeness (QED) is 0.844. The molecule has 2 atom stereocenters. The van der Waals surface area contributed by atoms with Gasteiger partial charge in [-0.1, -0.05) is 26.2 Å². The minimum Gasteiger partial charge on any atom is -0.311 e. The van der Waals surface area contributed by atoms with Crippen LogP contribution >= 0.6 is 0 Å². The summed E-state index contributed by atoms with van der Waals surface area (Å²) < 4.78 is 40.3. The number of alkyl halides is 3. The Balaban J connectivity index is 1.83. The molecule has 3 nitrogen and oxygen atoms in total. The van der Waals surface area contributed by atoms with E-state index in [1.54, 1.807) is 0 Å². The van der Waals surface area contributed by atoms with E-state index in [0.29, 0.717) is 24.5 Å². The van der Waals surface area contributed by atoms with Crippen LogP contribution in [-0.2, 0) is 4.74 Å². The zero-order valence-electron chi connectivity index (χ0n) is 12.8. The highest BCUT2D eigenvalue weighted by Gasteiger charge is 2.33. The summed E-state index contributed by atoms with van der Waals surface area (Å²) in [5.74, 6) is 0.683. The number of nitrogens with zero attached hydrogens (tertiary/aromatic N) is 1. The molecule has 2 rings (SSSR count). The Hall–Kier alpha value is -0.330. The molecule has 1 N–H and O–H groups in total. The fourth-order valence-corrected chi connectivity index (χ4v) is 3.69. The maximum absolute atomic E-state index is 12.1. The van der Waals surface area contributed by atoms with Gasteiger partial charge in [0.15, 0.2) is 0 Å². The number of hydrogen-bond acceptors (Lipinski definition) is 3. The molecule has 2 unspecified atom stereocenters. The third-order valence-electron chi connectivity index (χ3n) is 4.90. The van der Waals surface area contributed by atoms with Gasteiger partial charge in [0.2, 0.25) is 0 Å². The van der Waals surface area contributed by atoms with Crippen molar-refractivity contribution in [3.05, 3.63) is 0 Å². The monoisotopic (exact) mass is 308 g/mol. The van der Waals surface area contributed by atoms with Crippen molar-refractivity contribution in [3.8, 4) is 0 Å². The zero-order valence-corrected chi connectivity index (χ0v) is 12.8. The van der Waals surface area contributed by atoms with Crippen molar-refractivity contribution in [1.82, 2.24) is 10.2 Å². The maximum Gasteiger partial charge on any atom is 0.522 e. The van der Waals surface area contributed by atoms with Crippen LogP contribution in [0, 0.1) is 5.92 Å². The van der Waals surface area contributed by atoms with Gasteiger partial charge >= 0.3 is 6.36 Å². The SMILES string of the molecule is CCC1CNC(C2CCCCC2)CN1CCOC(F)(F)F. The van der Waals surface area contributed by atoms with E-state index in [1.165, 1.54) is 32.1 Å². The molecular weight excluding hydrogens is 281 g/mol. The number of piperazine rings is 1. The number of ether oxygens (including phenoxy) is 1. The molecule has 0 radical (unpaired) electrons. The molecule has 1 saturated heterocycles. The van der Waals surface area contributed by atoms with Gasteiger partial charge in [0.1, 0.15) is 0 Å². The molecule has 2 fully saturated rings.